The standard InChI is InChI=1S/C55H66N6O12/c1-6-8-10-11-12-13-14-15-16-20-31-71-47-29-27-38(3)32-45(47)56-52(64)44-35-49(42-24-18-19-25-43(42)51(44)63)73-48-30-28-41(61(69)70)34-46(48)57(5)54(66)59-53(65)55(4,37-72-50(62)26-17-9-7-2)36-58(59)39-22-21-23-40(33-39)60(67)68/h18-19,21-25,27-30,32-35,63H,6-17,20,26,31,36-37H2,1-5H3,(H,56,64). The van der Waals surface area contributed by atoms with Crippen LogP contribution in [0.15, 0.2) is 91.0 Å². The van der Waals surface area contributed by atoms with Gasteiger partial charge in [-0.15, -0.1) is 0 Å². The maximum Gasteiger partial charge on any atom is 0.350 e. The monoisotopic (exact) mass is 1000 g/mol. The molecule has 0 aromatic heterocycles. The number of imide groups is 1. The number of nitro groups is 2. The molecular formula is C55H66N6O12. The van der Waals surface area contributed by atoms with Crippen molar-refractivity contribution in [1.29, 1.82) is 0 Å². The number of rotatable bonds is 26. The molecule has 1 heterocycles. The number of ether oxygens (including phenoxy) is 3. The molecular weight excluding hydrogens is 937 g/mol. The molecule has 18 heteroatoms. The molecule has 0 spiro atoms. The van der Waals surface area contributed by atoms with Crippen LogP contribution in [0.5, 0.6) is 23.0 Å². The lowest BCUT2D eigenvalue weighted by Crippen LogP contribution is -2.50. The molecule has 5 aromatic rings. The van der Waals surface area contributed by atoms with Crippen molar-refractivity contribution >= 4 is 63.0 Å². The van der Waals surface area contributed by atoms with E-state index in [0.717, 1.165) is 59.7 Å². The number of fused-ring (bicyclic) bond motifs is 1. The third kappa shape index (κ3) is 13.8. The van der Waals surface area contributed by atoms with E-state index >= 15 is 0 Å². The Morgan fingerprint density at radius 1 is 0.753 bits per heavy atom. The number of nitro benzene ring substituents is 2. The molecule has 1 saturated heterocycles. The Hall–Kier alpha value is -7.76. The Morgan fingerprint density at radius 2 is 1.38 bits per heavy atom. The van der Waals surface area contributed by atoms with E-state index in [1.807, 2.05) is 19.9 Å². The highest BCUT2D eigenvalue weighted by Gasteiger charge is 2.53. The van der Waals surface area contributed by atoms with Crippen molar-refractivity contribution in [3.05, 3.63) is 122 Å². The lowest BCUT2D eigenvalue weighted by molar-refractivity contribution is -0.385. The van der Waals surface area contributed by atoms with Gasteiger partial charge in [-0.1, -0.05) is 121 Å². The number of hydrazine groups is 1. The molecule has 73 heavy (non-hydrogen) atoms. The molecule has 1 unspecified atom stereocenters. The normalized spacial score (nSPS) is 14.3. The van der Waals surface area contributed by atoms with Gasteiger partial charge in [-0.25, -0.2) is 4.79 Å². The van der Waals surface area contributed by atoms with Gasteiger partial charge in [0.1, 0.15) is 29.3 Å². The number of non-ortho nitro benzene ring substituents is 2. The van der Waals surface area contributed by atoms with E-state index in [-0.39, 0.29) is 58.2 Å². The molecule has 5 aromatic carbocycles. The molecule has 0 radical (unpaired) electrons. The van der Waals surface area contributed by atoms with E-state index in [0.29, 0.717) is 29.9 Å². The quantitative estimate of drug-likeness (QED) is 0.0228. The van der Waals surface area contributed by atoms with Crippen molar-refractivity contribution in [3.63, 3.8) is 0 Å². The summed E-state index contributed by atoms with van der Waals surface area (Å²) in [5.74, 6) is -2.02. The van der Waals surface area contributed by atoms with E-state index < -0.39 is 51.4 Å². The van der Waals surface area contributed by atoms with Crippen LogP contribution < -0.4 is 24.7 Å². The highest BCUT2D eigenvalue weighted by Crippen LogP contribution is 2.43. The van der Waals surface area contributed by atoms with Gasteiger partial charge >= 0.3 is 12.0 Å². The zero-order valence-corrected chi connectivity index (χ0v) is 42.4. The van der Waals surface area contributed by atoms with Gasteiger partial charge in [-0.2, -0.15) is 5.01 Å². The highest BCUT2D eigenvalue weighted by molar-refractivity contribution is 6.12. The lowest BCUT2D eigenvalue weighted by Gasteiger charge is -2.31. The molecule has 2 N–H and O–H groups in total. The number of nitrogens with one attached hydrogen (secondary N) is 1. The van der Waals surface area contributed by atoms with Gasteiger partial charge in [0, 0.05) is 48.5 Å². The number of aryl methyl sites for hydroxylation is 1. The number of amides is 4. The first-order valence-corrected chi connectivity index (χ1v) is 25.1. The average Bonchev–Trinajstić information content (AvgIpc) is 3.65. The smallest absolute Gasteiger partial charge is 0.350 e. The predicted octanol–water partition coefficient (Wildman–Crippen LogP) is 13.0. The molecule has 1 aliphatic rings. The van der Waals surface area contributed by atoms with Gasteiger partial charge in [-0.3, -0.25) is 44.5 Å². The fourth-order valence-corrected chi connectivity index (χ4v) is 8.68. The van der Waals surface area contributed by atoms with E-state index in [2.05, 4.69) is 12.2 Å². The third-order valence-corrected chi connectivity index (χ3v) is 12.9. The van der Waals surface area contributed by atoms with E-state index in [1.165, 1.54) is 100 Å². The van der Waals surface area contributed by atoms with Crippen molar-refractivity contribution in [2.75, 3.05) is 42.0 Å². The number of carbonyl (C=O) groups is 4. The molecule has 1 atom stereocenters. The van der Waals surface area contributed by atoms with Gasteiger partial charge < -0.3 is 24.6 Å². The van der Waals surface area contributed by atoms with Crippen LogP contribution in [0.1, 0.15) is 127 Å². The van der Waals surface area contributed by atoms with E-state index in [1.54, 1.807) is 36.4 Å². The molecule has 0 bridgehead atoms. The highest BCUT2D eigenvalue weighted by atomic mass is 16.6. The Labute approximate surface area is 425 Å². The number of nitrogens with zero attached hydrogens (tertiary/aromatic N) is 5. The van der Waals surface area contributed by atoms with E-state index in [4.69, 9.17) is 14.2 Å². The first kappa shape index (κ1) is 54.6. The molecule has 6 rings (SSSR count). The number of benzene rings is 5. The summed E-state index contributed by atoms with van der Waals surface area (Å²) in [6.45, 7) is 7.37. The number of phenols is 1. The van der Waals surface area contributed by atoms with Crippen molar-refractivity contribution in [3.8, 4) is 23.0 Å². The number of hydrogen-bond donors (Lipinski definition) is 2. The van der Waals surface area contributed by atoms with Gasteiger partial charge in [0.05, 0.1) is 45.6 Å². The second kappa shape index (κ2) is 25.6. The van der Waals surface area contributed by atoms with Gasteiger partial charge in [0.2, 0.25) is 0 Å². The molecule has 1 aliphatic heterocycles. The summed E-state index contributed by atoms with van der Waals surface area (Å²) in [5.41, 5.74) is -1.31. The third-order valence-electron chi connectivity index (χ3n) is 12.9. The van der Waals surface area contributed by atoms with Crippen LogP contribution in [-0.2, 0) is 14.3 Å². The average molecular weight is 1000 g/mol. The summed E-state index contributed by atoms with van der Waals surface area (Å²) in [5, 5.41) is 41.2. The molecule has 0 aliphatic carbocycles. The minimum absolute atomic E-state index is 0.0278. The van der Waals surface area contributed by atoms with Crippen molar-refractivity contribution < 1.29 is 48.3 Å². The summed E-state index contributed by atoms with van der Waals surface area (Å²) < 4.78 is 18.2. The number of carbonyl (C=O) groups excluding carboxylic acids is 4. The Bertz CT molecular complexity index is 2800. The Balaban J connectivity index is 1.28. The zero-order valence-electron chi connectivity index (χ0n) is 42.4. The summed E-state index contributed by atoms with van der Waals surface area (Å²) >= 11 is 0. The molecule has 0 saturated carbocycles. The van der Waals surface area contributed by atoms with E-state index in [9.17, 15) is 44.5 Å². The van der Waals surface area contributed by atoms with Crippen LogP contribution in [0.4, 0.5) is 33.2 Å². The van der Waals surface area contributed by atoms with Gasteiger partial charge in [0.25, 0.3) is 23.2 Å². The van der Waals surface area contributed by atoms with Gasteiger partial charge in [0.15, 0.2) is 5.75 Å². The fraction of sp³-hybridized carbons (Fsp3) is 0.418. The van der Waals surface area contributed by atoms with Crippen LogP contribution in [0.2, 0.25) is 0 Å². The molecule has 18 nitrogen and oxygen atoms in total. The predicted molar refractivity (Wildman–Crippen MR) is 280 cm³/mol. The maximum atomic E-state index is 14.9. The number of anilines is 3. The van der Waals surface area contributed by atoms with Crippen LogP contribution in [0, 0.1) is 32.6 Å². The first-order valence-electron chi connectivity index (χ1n) is 25.1. The SMILES string of the molecule is CCCCCCCCCCCCOc1ccc(C)cc1NC(=O)c1cc(Oc2ccc([N+](=O)[O-])cc2N(C)C(=O)N2C(=O)C(C)(COC(=O)CCCCC)CN2c2cccc([N+](=O)[O-])c2)c2ccccc2c1O. The minimum Gasteiger partial charge on any atom is -0.506 e. The van der Waals surface area contributed by atoms with Crippen LogP contribution in [-0.4, -0.2) is 70.6 Å². The number of hydrogen-bond acceptors (Lipinski definition) is 13. The van der Waals surface area contributed by atoms with Crippen LogP contribution >= 0.6 is 0 Å². The largest absolute Gasteiger partial charge is 0.506 e. The molecule has 388 valence electrons. The second-order valence-corrected chi connectivity index (χ2v) is 18.8. The second-order valence-electron chi connectivity index (χ2n) is 18.8. The minimum atomic E-state index is -1.52. The van der Waals surface area contributed by atoms with Crippen molar-refractivity contribution in [2.45, 2.75) is 118 Å². The van der Waals surface area contributed by atoms with Gasteiger partial charge in [-0.05, 0) is 62.6 Å². The van der Waals surface area contributed by atoms with Crippen LogP contribution in [0.3, 0.4) is 0 Å². The summed E-state index contributed by atoms with van der Waals surface area (Å²) in [7, 11) is 1.27. The molecule has 4 amide bonds. The topological polar surface area (TPSA) is 224 Å². The lowest BCUT2D eigenvalue weighted by atomic mass is 9.92. The Morgan fingerprint density at radius 3 is 2.07 bits per heavy atom. The van der Waals surface area contributed by atoms with Crippen molar-refractivity contribution in [2.24, 2.45) is 5.41 Å². The number of urea groups is 1. The summed E-state index contributed by atoms with van der Waals surface area (Å²) in [6, 6.07) is 21.1. The summed E-state index contributed by atoms with van der Waals surface area (Å²) in [4.78, 5) is 80.1. The van der Waals surface area contributed by atoms with Crippen molar-refractivity contribution in [1.82, 2.24) is 5.01 Å². The number of unbranched alkanes of at least 4 members (excludes halogenated alkanes) is 11. The number of phenolic OH excluding ortho intramolecular Hbond substituents is 1. The Kier molecular flexibility index (Phi) is 19.1. The van der Waals surface area contributed by atoms with Crippen LogP contribution in [0.25, 0.3) is 10.8 Å². The number of aromatic hydroxyl groups is 1. The first-order chi connectivity index (χ1) is 35.1. The zero-order chi connectivity index (χ0) is 52.7. The summed E-state index contributed by atoms with van der Waals surface area (Å²) in [6.07, 6.45) is 14.1. The maximum absolute atomic E-state index is 14.9. The number of esters is 1. The molecule has 1 fully saturated rings. The fourth-order valence-electron chi connectivity index (χ4n) is 8.68.